The molecule has 23 heavy (non-hydrogen) atoms. The maximum absolute atomic E-state index is 13.0. The molecule has 0 fully saturated rings. The van der Waals surface area contributed by atoms with E-state index in [1.54, 1.807) is 24.3 Å². The molecule has 2 aromatic rings. The molecule has 0 spiro atoms. The number of benzene rings is 2. The van der Waals surface area contributed by atoms with Crippen LogP contribution < -0.4 is 4.72 Å². The summed E-state index contributed by atoms with van der Waals surface area (Å²) in [4.78, 5) is 4.44. The zero-order chi connectivity index (χ0) is 17.1. The van der Waals surface area contributed by atoms with Crippen LogP contribution >= 0.6 is 0 Å². The van der Waals surface area contributed by atoms with Crippen molar-refractivity contribution in [2.24, 2.45) is 4.99 Å². The normalized spacial score (nSPS) is 13.0. The summed E-state index contributed by atoms with van der Waals surface area (Å²) in [5, 5.41) is 0. The highest BCUT2D eigenvalue weighted by atomic mass is 32.2. The van der Waals surface area contributed by atoms with Crippen molar-refractivity contribution in [3.8, 4) is 0 Å². The van der Waals surface area contributed by atoms with Crippen LogP contribution in [-0.4, -0.2) is 19.8 Å². The Morgan fingerprint density at radius 1 is 1.00 bits per heavy atom. The average molecular weight is 334 g/mol. The van der Waals surface area contributed by atoms with Crippen LogP contribution in [0, 0.1) is 5.82 Å². The van der Waals surface area contributed by atoms with Crippen LogP contribution in [-0.2, 0) is 10.0 Å². The van der Waals surface area contributed by atoms with Crippen molar-refractivity contribution in [2.45, 2.75) is 31.2 Å². The maximum Gasteiger partial charge on any atom is 0.263 e. The van der Waals surface area contributed by atoms with Crippen molar-refractivity contribution in [3.05, 3.63) is 66.0 Å². The van der Waals surface area contributed by atoms with Crippen molar-refractivity contribution >= 4 is 15.9 Å². The van der Waals surface area contributed by atoms with E-state index in [1.807, 2.05) is 26.8 Å². The molecule has 0 atom stereocenters. The van der Waals surface area contributed by atoms with Crippen molar-refractivity contribution < 1.29 is 12.8 Å². The zero-order valence-corrected chi connectivity index (χ0v) is 14.1. The molecule has 6 heteroatoms. The van der Waals surface area contributed by atoms with Gasteiger partial charge in [0.25, 0.3) is 10.0 Å². The van der Waals surface area contributed by atoms with E-state index in [0.29, 0.717) is 5.56 Å². The Labute approximate surface area is 136 Å². The second-order valence-electron chi connectivity index (χ2n) is 6.06. The van der Waals surface area contributed by atoms with Gasteiger partial charge in [-0.15, -0.1) is 0 Å². The largest absolute Gasteiger partial charge is 0.263 e. The summed E-state index contributed by atoms with van der Waals surface area (Å²) in [6.07, 6.45) is 0. The third kappa shape index (κ3) is 4.89. The second kappa shape index (κ2) is 6.50. The number of hydrogen-bond donors (Lipinski definition) is 1. The third-order valence-electron chi connectivity index (χ3n) is 2.85. The molecule has 0 bridgehead atoms. The van der Waals surface area contributed by atoms with Crippen molar-refractivity contribution in [1.82, 2.24) is 4.72 Å². The number of hydrogen-bond acceptors (Lipinski definition) is 3. The number of halogens is 1. The molecule has 2 aromatic carbocycles. The first-order valence-electron chi connectivity index (χ1n) is 7.11. The summed E-state index contributed by atoms with van der Waals surface area (Å²) in [5.74, 6) is -0.238. The molecule has 122 valence electrons. The minimum absolute atomic E-state index is 0.0172. The quantitative estimate of drug-likeness (QED) is 0.691. The lowest BCUT2D eigenvalue weighted by atomic mass is 10.1. The Balaban J connectivity index is 2.42. The van der Waals surface area contributed by atoms with Gasteiger partial charge >= 0.3 is 0 Å². The van der Waals surface area contributed by atoms with Crippen LogP contribution in [0.5, 0.6) is 0 Å². The lowest BCUT2D eigenvalue weighted by Crippen LogP contribution is -2.33. The van der Waals surface area contributed by atoms with Crippen molar-refractivity contribution in [2.75, 3.05) is 0 Å². The lowest BCUT2D eigenvalue weighted by molar-refractivity contribution is 0.578. The fraction of sp³-hybridized carbons (Fsp3) is 0.235. The van der Waals surface area contributed by atoms with Crippen LogP contribution in [0.4, 0.5) is 4.39 Å². The van der Waals surface area contributed by atoms with Gasteiger partial charge in [0.1, 0.15) is 11.7 Å². The number of aliphatic imine (C=N–C) groups is 1. The fourth-order valence-corrected chi connectivity index (χ4v) is 2.91. The Kier molecular flexibility index (Phi) is 4.85. The number of nitrogens with zero attached hydrogens (tertiary/aromatic N) is 1. The molecule has 0 aromatic heterocycles. The number of nitrogens with one attached hydrogen (secondary N) is 1. The molecular formula is C17H19FN2O2S. The van der Waals surface area contributed by atoms with Gasteiger partial charge < -0.3 is 0 Å². The van der Waals surface area contributed by atoms with Gasteiger partial charge in [-0.3, -0.25) is 9.71 Å². The molecule has 0 aliphatic rings. The summed E-state index contributed by atoms with van der Waals surface area (Å²) in [5.41, 5.74) is 0.198. The SMILES string of the molecule is CC(C)(C)N=C(NS(=O)(=O)c1ccc(F)cc1)c1ccccc1. The van der Waals surface area contributed by atoms with Gasteiger partial charge in [-0.2, -0.15) is 0 Å². The van der Waals surface area contributed by atoms with Gasteiger partial charge in [0.2, 0.25) is 0 Å². The summed E-state index contributed by atoms with van der Waals surface area (Å²) < 4.78 is 40.5. The smallest absolute Gasteiger partial charge is 0.263 e. The van der Waals surface area contributed by atoms with E-state index in [0.717, 1.165) is 12.1 Å². The molecule has 2 rings (SSSR count). The first-order valence-corrected chi connectivity index (χ1v) is 8.59. The highest BCUT2D eigenvalue weighted by molar-refractivity contribution is 7.90. The van der Waals surface area contributed by atoms with Crippen LogP contribution in [0.1, 0.15) is 26.3 Å². The van der Waals surface area contributed by atoms with E-state index in [4.69, 9.17) is 0 Å². The molecule has 0 aliphatic carbocycles. The summed E-state index contributed by atoms with van der Waals surface area (Å²) in [6, 6.07) is 13.7. The van der Waals surface area contributed by atoms with Gasteiger partial charge in [0.05, 0.1) is 10.4 Å². The van der Waals surface area contributed by atoms with Gasteiger partial charge in [-0.25, -0.2) is 12.8 Å². The molecule has 0 radical (unpaired) electrons. The molecule has 4 nitrogen and oxygen atoms in total. The minimum Gasteiger partial charge on any atom is -0.263 e. The maximum atomic E-state index is 13.0. The van der Waals surface area contributed by atoms with E-state index < -0.39 is 21.4 Å². The van der Waals surface area contributed by atoms with Gasteiger partial charge in [0.15, 0.2) is 0 Å². The monoisotopic (exact) mass is 334 g/mol. The topological polar surface area (TPSA) is 58.5 Å². The molecule has 0 aliphatic heterocycles. The van der Waals surface area contributed by atoms with Gasteiger partial charge in [-0.1, -0.05) is 30.3 Å². The molecule has 0 saturated carbocycles. The summed E-state index contributed by atoms with van der Waals surface area (Å²) in [7, 11) is -3.84. The Hall–Kier alpha value is -2.21. The average Bonchev–Trinajstić information content (AvgIpc) is 2.46. The highest BCUT2D eigenvalue weighted by Crippen LogP contribution is 2.14. The first kappa shape index (κ1) is 17.1. The van der Waals surface area contributed by atoms with Gasteiger partial charge in [-0.05, 0) is 45.0 Å². The molecule has 0 unspecified atom stereocenters. The summed E-state index contributed by atoms with van der Waals surface area (Å²) >= 11 is 0. The van der Waals surface area contributed by atoms with Crippen LogP contribution in [0.2, 0.25) is 0 Å². The van der Waals surface area contributed by atoms with E-state index in [1.165, 1.54) is 12.1 Å². The van der Waals surface area contributed by atoms with Crippen LogP contribution in [0.15, 0.2) is 64.5 Å². The molecule has 0 saturated heterocycles. The molecule has 0 heterocycles. The predicted molar refractivity (Wildman–Crippen MR) is 89.5 cm³/mol. The Morgan fingerprint density at radius 2 is 1.57 bits per heavy atom. The number of sulfonamides is 1. The minimum atomic E-state index is -3.84. The highest BCUT2D eigenvalue weighted by Gasteiger charge is 2.19. The van der Waals surface area contributed by atoms with E-state index >= 15 is 0 Å². The number of rotatable bonds is 3. The van der Waals surface area contributed by atoms with E-state index in [-0.39, 0.29) is 10.7 Å². The summed E-state index contributed by atoms with van der Waals surface area (Å²) in [6.45, 7) is 5.63. The zero-order valence-electron chi connectivity index (χ0n) is 13.2. The second-order valence-corrected chi connectivity index (χ2v) is 7.74. The Morgan fingerprint density at radius 3 is 2.09 bits per heavy atom. The van der Waals surface area contributed by atoms with Gasteiger partial charge in [0, 0.05) is 5.56 Å². The third-order valence-corrected chi connectivity index (χ3v) is 4.20. The first-order chi connectivity index (χ1) is 10.7. The number of amidine groups is 1. The molecule has 0 amide bonds. The molecule has 1 N–H and O–H groups in total. The predicted octanol–water partition coefficient (Wildman–Crippen LogP) is 3.35. The van der Waals surface area contributed by atoms with Crippen LogP contribution in [0.25, 0.3) is 0 Å². The fourth-order valence-electron chi connectivity index (χ4n) is 1.88. The lowest BCUT2D eigenvalue weighted by Gasteiger charge is -2.18. The van der Waals surface area contributed by atoms with E-state index in [2.05, 4.69) is 9.71 Å². The van der Waals surface area contributed by atoms with Crippen molar-refractivity contribution in [1.29, 1.82) is 0 Å². The Bertz CT molecular complexity index is 793. The van der Waals surface area contributed by atoms with E-state index in [9.17, 15) is 12.8 Å². The molecular weight excluding hydrogens is 315 g/mol. The standard InChI is InChI=1S/C17H19FN2O2S/c1-17(2,3)19-16(13-7-5-4-6-8-13)20-23(21,22)15-11-9-14(18)10-12-15/h4-12H,1-3H3,(H,19,20). The van der Waals surface area contributed by atoms with Crippen molar-refractivity contribution in [3.63, 3.8) is 0 Å². The van der Waals surface area contributed by atoms with Crippen LogP contribution in [0.3, 0.4) is 0 Å².